The molecule has 35 heteroatoms. The highest BCUT2D eigenvalue weighted by molar-refractivity contribution is 7.80. The molecule has 2 aromatic carbocycles. The number of hydrogen-bond donors (Lipinski definition) is 20. The van der Waals surface area contributed by atoms with Gasteiger partial charge >= 0.3 is 17.9 Å². The average molecular weight is 1330 g/mol. The van der Waals surface area contributed by atoms with Crippen molar-refractivity contribution >= 4 is 108 Å². The molecule has 1 fully saturated rings. The van der Waals surface area contributed by atoms with E-state index in [1.165, 1.54) is 31.2 Å². The van der Waals surface area contributed by atoms with Crippen molar-refractivity contribution < 1.29 is 87.9 Å². The number of unbranched alkanes of at least 4 members (excludes halogenated alkanes) is 1. The molecule has 2 aromatic rings. The third-order valence-electron chi connectivity index (χ3n) is 14.4. The molecular weight excluding hydrogens is 1250 g/mol. The van der Waals surface area contributed by atoms with Gasteiger partial charge in [-0.05, 0) is 94.5 Å². The second-order valence-corrected chi connectivity index (χ2v) is 22.3. The number of likely N-dealkylation sites (tertiary alicyclic amines) is 1. The van der Waals surface area contributed by atoms with Gasteiger partial charge < -0.3 is 101 Å². The fourth-order valence-electron chi connectivity index (χ4n) is 9.31. The van der Waals surface area contributed by atoms with Crippen molar-refractivity contribution in [2.24, 2.45) is 27.9 Å². The van der Waals surface area contributed by atoms with Crippen molar-refractivity contribution in [3.63, 3.8) is 0 Å². The zero-order valence-electron chi connectivity index (χ0n) is 50.6. The maximum Gasteiger partial charge on any atom is 0.326 e. The van der Waals surface area contributed by atoms with Crippen LogP contribution >= 0.6 is 25.3 Å². The highest BCUT2D eigenvalue weighted by Gasteiger charge is 2.39. The molecule has 1 heterocycles. The van der Waals surface area contributed by atoms with Gasteiger partial charge in [0.2, 0.25) is 59.1 Å². The number of guanidine groups is 1. The number of rotatable bonds is 41. The van der Waals surface area contributed by atoms with Crippen LogP contribution in [0.15, 0.2) is 59.6 Å². The number of aliphatic carboxylic acids is 3. The molecular formula is C57H85N15O18S2. The Bertz CT molecular complexity index is 2890. The van der Waals surface area contributed by atoms with Gasteiger partial charge in [0.05, 0.1) is 6.61 Å². The second-order valence-electron chi connectivity index (χ2n) is 21.6. The molecule has 11 atom stereocenters. The lowest BCUT2D eigenvalue weighted by Gasteiger charge is -2.28. The van der Waals surface area contributed by atoms with Gasteiger partial charge in [0, 0.05) is 50.3 Å². The smallest absolute Gasteiger partial charge is 0.326 e. The summed E-state index contributed by atoms with van der Waals surface area (Å²) in [4.78, 5) is 179. The fourth-order valence-corrected chi connectivity index (χ4v) is 9.83. The van der Waals surface area contributed by atoms with Crippen molar-refractivity contribution in [1.82, 2.24) is 52.8 Å². The van der Waals surface area contributed by atoms with E-state index >= 15 is 0 Å². The first-order valence-corrected chi connectivity index (χ1v) is 30.7. The number of carboxylic acid groups (broad SMARTS) is 3. The molecule has 0 radical (unpaired) electrons. The summed E-state index contributed by atoms with van der Waals surface area (Å²) in [7, 11) is 0. The van der Waals surface area contributed by atoms with E-state index in [9.17, 15) is 87.9 Å². The predicted molar refractivity (Wildman–Crippen MR) is 337 cm³/mol. The van der Waals surface area contributed by atoms with Gasteiger partial charge in [-0.3, -0.25) is 62.5 Å². The topological polar surface area (TPSA) is 551 Å². The minimum Gasteiger partial charge on any atom is -0.508 e. The maximum atomic E-state index is 14.7. The Hall–Kier alpha value is -8.80. The number of aliphatic hydroxyl groups is 1. The van der Waals surface area contributed by atoms with Crippen LogP contribution in [0.1, 0.15) is 88.7 Å². The molecule has 0 aliphatic carbocycles. The average Bonchev–Trinajstić information content (AvgIpc) is 1.67. The number of nitrogens with two attached hydrogens (primary N) is 4. The quantitative estimate of drug-likeness (QED) is 0.0128. The number of aromatic hydroxyl groups is 1. The van der Waals surface area contributed by atoms with Crippen molar-refractivity contribution in [2.75, 3.05) is 37.7 Å². The monoisotopic (exact) mass is 1330 g/mol. The number of thiol groups is 2. The van der Waals surface area contributed by atoms with E-state index in [0.717, 1.165) is 4.90 Å². The van der Waals surface area contributed by atoms with Gasteiger partial charge in [-0.15, -0.1) is 0 Å². The summed E-state index contributed by atoms with van der Waals surface area (Å²) in [5.41, 5.74) is 23.1. The van der Waals surface area contributed by atoms with Crippen molar-refractivity contribution in [2.45, 2.75) is 157 Å². The van der Waals surface area contributed by atoms with Gasteiger partial charge in [0.1, 0.15) is 72.2 Å². The van der Waals surface area contributed by atoms with Crippen LogP contribution in [0.3, 0.4) is 0 Å². The summed E-state index contributed by atoms with van der Waals surface area (Å²) in [5.74, 6) is -15.0. The van der Waals surface area contributed by atoms with E-state index in [-0.39, 0.29) is 75.6 Å². The zero-order valence-corrected chi connectivity index (χ0v) is 52.4. The first-order valence-electron chi connectivity index (χ1n) is 29.5. The number of aliphatic hydroxyl groups excluding tert-OH is 1. The molecule has 22 N–H and O–H groups in total. The Morgan fingerprint density at radius 2 is 0.957 bits per heavy atom. The van der Waals surface area contributed by atoms with E-state index in [1.807, 2.05) is 0 Å². The lowest BCUT2D eigenvalue weighted by Crippen LogP contribution is -2.61. The van der Waals surface area contributed by atoms with Crippen molar-refractivity contribution in [3.05, 3.63) is 65.7 Å². The molecule has 0 bridgehead atoms. The maximum absolute atomic E-state index is 14.7. The molecule has 508 valence electrons. The van der Waals surface area contributed by atoms with Gasteiger partial charge in [-0.1, -0.05) is 42.5 Å². The largest absolute Gasteiger partial charge is 0.508 e. The number of nitrogens with one attached hydrogen (secondary N) is 9. The molecule has 1 aliphatic rings. The second kappa shape index (κ2) is 40.1. The van der Waals surface area contributed by atoms with E-state index < -0.39 is 181 Å². The number of aliphatic imine (C=N–C) groups is 1. The Balaban J connectivity index is 1.95. The van der Waals surface area contributed by atoms with Crippen LogP contribution in [0.4, 0.5) is 0 Å². The Kier molecular flexibility index (Phi) is 33.8. The number of phenols is 1. The third-order valence-corrected chi connectivity index (χ3v) is 15.1. The van der Waals surface area contributed by atoms with Gasteiger partial charge in [0.15, 0.2) is 5.96 Å². The molecule has 0 unspecified atom stereocenters. The minimum atomic E-state index is -1.77. The van der Waals surface area contributed by atoms with E-state index in [0.29, 0.717) is 30.4 Å². The molecule has 92 heavy (non-hydrogen) atoms. The summed E-state index contributed by atoms with van der Waals surface area (Å²) in [6, 6.07) is -2.87. The SMILES string of the molecule is C[C@H](NC(=O)[C@H](CCCCN)NC(=O)[C@H](CS)NC(=O)[C@H](CS)NC(=O)[C@H](CCC(=O)O)NC(=O)[C@H](Cc1ccc(O)cc1)NC(=O)[C@H](Cc1ccccc1)NC(=O)[C@H](CCCN=C(N)N)NC(=O)[C@H](CCC(=O)O)NC(=O)[C@@H](N)CO)C(=O)N1CCC[C@H]1C(=O)O. The molecule has 1 saturated heterocycles. The minimum absolute atomic E-state index is 0.0213. The number of carboxylic acids is 3. The van der Waals surface area contributed by atoms with Crippen LogP contribution in [-0.4, -0.2) is 218 Å². The number of carbonyl (C=O) groups excluding carboxylic acids is 10. The Morgan fingerprint density at radius 1 is 0.554 bits per heavy atom. The standard InChI is InChI=1S/C57H85N15O18S2/c1-30(55(88)72-24-8-13-43(72)56(89)90)63-47(80)35(11-5-6-22-58)66-53(86)41(28-91)71-54(87)42(29-92)70-50(83)38(19-21-45(77)78)67-51(84)40(26-32-14-16-33(74)17-15-32)69-52(85)39(25-31-9-3-2-4-10-31)68-48(81)36(12-7-23-62-57(60)61)65-49(82)37(18-20-44(75)76)64-46(79)34(59)27-73/h2-4,9-10,14-17,30,34-43,73-74,91-92H,5-8,11-13,18-29,58-59H2,1H3,(H,63,80)(H,64,79)(H,65,82)(H,66,86)(H,67,84)(H,68,81)(H,69,85)(H,70,83)(H,71,87)(H,75,76)(H,77,78)(H,89,90)(H4,60,61,62)/t30-,34-,35-,36-,37-,38-,39-,40-,41-,42-,43-/m0/s1. The molecule has 10 amide bonds. The van der Waals surface area contributed by atoms with E-state index in [2.05, 4.69) is 78.1 Å². The van der Waals surface area contributed by atoms with Crippen LogP contribution < -0.4 is 70.8 Å². The van der Waals surface area contributed by atoms with E-state index in [4.69, 9.17) is 22.9 Å². The first kappa shape index (κ1) is 77.4. The summed E-state index contributed by atoms with van der Waals surface area (Å²) in [5, 5.41) is 70.5. The van der Waals surface area contributed by atoms with E-state index in [1.54, 1.807) is 30.3 Å². The van der Waals surface area contributed by atoms with Gasteiger partial charge in [-0.25, -0.2) is 4.79 Å². The van der Waals surface area contributed by atoms with Gasteiger partial charge in [0.25, 0.3) is 0 Å². The molecule has 0 aromatic heterocycles. The van der Waals surface area contributed by atoms with Crippen molar-refractivity contribution in [3.8, 4) is 5.75 Å². The summed E-state index contributed by atoms with van der Waals surface area (Å²) < 4.78 is 0. The summed E-state index contributed by atoms with van der Waals surface area (Å²) >= 11 is 8.44. The number of nitrogens with zero attached hydrogens (tertiary/aromatic N) is 2. The third kappa shape index (κ3) is 27.0. The Labute approximate surface area is 540 Å². The molecule has 0 saturated carbocycles. The number of carbonyl (C=O) groups is 13. The molecule has 0 spiro atoms. The summed E-state index contributed by atoms with van der Waals surface area (Å²) in [6.07, 6.45) is -1.88. The predicted octanol–water partition coefficient (Wildman–Crippen LogP) is -5.27. The Morgan fingerprint density at radius 3 is 1.39 bits per heavy atom. The zero-order chi connectivity index (χ0) is 68.6. The lowest BCUT2D eigenvalue weighted by atomic mass is 10.0. The number of phenolic OH excluding ortho intramolecular Hbond substituents is 1. The fraction of sp³-hybridized carbons (Fsp3) is 0.544. The van der Waals surface area contributed by atoms with Gasteiger partial charge in [-0.2, -0.15) is 25.3 Å². The highest BCUT2D eigenvalue weighted by Crippen LogP contribution is 2.19. The summed E-state index contributed by atoms with van der Waals surface area (Å²) in [6.45, 7) is 0.858. The molecule has 3 rings (SSSR count). The highest BCUT2D eigenvalue weighted by atomic mass is 32.1. The molecule has 33 nitrogen and oxygen atoms in total. The number of benzene rings is 2. The van der Waals surface area contributed by atoms with Crippen LogP contribution in [0, 0.1) is 0 Å². The number of hydrogen-bond acceptors (Lipinski definition) is 20. The van der Waals surface area contributed by atoms with Crippen LogP contribution in [-0.2, 0) is 75.2 Å². The van der Waals surface area contributed by atoms with Crippen LogP contribution in [0.25, 0.3) is 0 Å². The lowest BCUT2D eigenvalue weighted by molar-refractivity contribution is -0.149. The normalized spacial score (nSPS) is 15.9. The van der Waals surface area contributed by atoms with Crippen LogP contribution in [0.2, 0.25) is 0 Å². The van der Waals surface area contributed by atoms with Crippen LogP contribution in [0.5, 0.6) is 5.75 Å². The first-order chi connectivity index (χ1) is 43.6. The van der Waals surface area contributed by atoms with Crippen molar-refractivity contribution in [1.29, 1.82) is 0 Å². The molecule has 1 aliphatic heterocycles. The number of amides is 10.